The Bertz CT molecular complexity index is 671. The molecule has 2 amide bonds. The van der Waals surface area contributed by atoms with Gasteiger partial charge in [0.05, 0.1) is 12.5 Å². The van der Waals surface area contributed by atoms with Gasteiger partial charge in [0.1, 0.15) is 5.82 Å². The number of nitrogens with zero attached hydrogens (tertiary/aromatic N) is 2. The van der Waals surface area contributed by atoms with Gasteiger partial charge in [-0.15, -0.1) is 0 Å². The van der Waals surface area contributed by atoms with Crippen LogP contribution in [0, 0.1) is 5.82 Å². The van der Waals surface area contributed by atoms with Crippen molar-refractivity contribution in [1.82, 2.24) is 15.1 Å². The zero-order chi connectivity index (χ0) is 20.6. The summed E-state index contributed by atoms with van der Waals surface area (Å²) in [5.74, 6) is -0.435. The lowest BCUT2D eigenvalue weighted by Crippen LogP contribution is -2.50. The fourth-order valence-electron chi connectivity index (χ4n) is 4.62. The number of carbonyl (C=O) groups is 2. The molecule has 1 aromatic carbocycles. The van der Waals surface area contributed by atoms with Gasteiger partial charge in [0.2, 0.25) is 11.8 Å². The minimum atomic E-state index is -0.429. The van der Waals surface area contributed by atoms with Crippen molar-refractivity contribution in [3.05, 3.63) is 35.6 Å². The second kappa shape index (κ2) is 10.7. The van der Waals surface area contributed by atoms with E-state index in [0.717, 1.165) is 51.0 Å². The summed E-state index contributed by atoms with van der Waals surface area (Å²) in [6.45, 7) is 5.44. The maximum atomic E-state index is 13.3. The topological polar surface area (TPSA) is 52.7 Å². The van der Waals surface area contributed by atoms with E-state index in [1.807, 2.05) is 4.90 Å². The Morgan fingerprint density at radius 3 is 2.34 bits per heavy atom. The molecule has 2 fully saturated rings. The van der Waals surface area contributed by atoms with Crippen molar-refractivity contribution < 1.29 is 14.0 Å². The Hall–Kier alpha value is -1.95. The largest absolute Gasteiger partial charge is 0.349 e. The Morgan fingerprint density at radius 1 is 1.03 bits per heavy atom. The van der Waals surface area contributed by atoms with E-state index < -0.39 is 6.04 Å². The molecule has 2 heterocycles. The molecule has 0 aliphatic carbocycles. The van der Waals surface area contributed by atoms with E-state index in [2.05, 4.69) is 10.2 Å². The van der Waals surface area contributed by atoms with E-state index in [9.17, 15) is 14.0 Å². The smallest absolute Gasteiger partial charge is 0.225 e. The van der Waals surface area contributed by atoms with Crippen LogP contribution in [0.4, 0.5) is 4.39 Å². The van der Waals surface area contributed by atoms with Crippen LogP contribution in [0.5, 0.6) is 0 Å². The summed E-state index contributed by atoms with van der Waals surface area (Å²) in [5.41, 5.74) is 0.760. The molecule has 2 aliphatic heterocycles. The van der Waals surface area contributed by atoms with Gasteiger partial charge >= 0.3 is 0 Å². The third-order valence-corrected chi connectivity index (χ3v) is 6.14. The normalized spacial score (nSPS) is 22.0. The molecule has 2 unspecified atom stereocenters. The molecule has 29 heavy (non-hydrogen) atoms. The summed E-state index contributed by atoms with van der Waals surface area (Å²) < 4.78 is 13.3. The highest BCUT2D eigenvalue weighted by Gasteiger charge is 2.30. The van der Waals surface area contributed by atoms with Crippen molar-refractivity contribution in [2.24, 2.45) is 0 Å². The van der Waals surface area contributed by atoms with Crippen LogP contribution in [0.2, 0.25) is 0 Å². The lowest BCUT2D eigenvalue weighted by molar-refractivity contribution is -0.136. The first-order chi connectivity index (χ1) is 14.0. The van der Waals surface area contributed by atoms with E-state index in [4.69, 9.17) is 0 Å². The first-order valence-corrected chi connectivity index (χ1v) is 11.1. The molecule has 0 bridgehead atoms. The van der Waals surface area contributed by atoms with Gasteiger partial charge in [-0.2, -0.15) is 0 Å². The van der Waals surface area contributed by atoms with Gasteiger partial charge in [-0.05, 0) is 62.9 Å². The average Bonchev–Trinajstić information content (AvgIpc) is 2.97. The highest BCUT2D eigenvalue weighted by Crippen LogP contribution is 2.24. The van der Waals surface area contributed by atoms with Crippen molar-refractivity contribution in [2.75, 3.05) is 26.2 Å². The molecule has 160 valence electrons. The fourth-order valence-corrected chi connectivity index (χ4v) is 4.62. The molecular weight excluding hydrogens is 369 g/mol. The highest BCUT2D eigenvalue weighted by molar-refractivity contribution is 5.79. The molecular formula is C23H34FN3O2. The van der Waals surface area contributed by atoms with Gasteiger partial charge in [0.25, 0.3) is 0 Å². The lowest BCUT2D eigenvalue weighted by atomic mass is 9.98. The Kier molecular flexibility index (Phi) is 8.04. The minimum absolute atomic E-state index is 0.0765. The van der Waals surface area contributed by atoms with E-state index >= 15 is 0 Å². The molecule has 2 saturated heterocycles. The van der Waals surface area contributed by atoms with Gasteiger partial charge in [0, 0.05) is 26.1 Å². The number of amides is 2. The first kappa shape index (κ1) is 21.8. The molecule has 0 aromatic heterocycles. The zero-order valence-corrected chi connectivity index (χ0v) is 17.5. The number of hydrogen-bond acceptors (Lipinski definition) is 3. The van der Waals surface area contributed by atoms with Gasteiger partial charge in [-0.1, -0.05) is 25.0 Å². The molecule has 0 radical (unpaired) electrons. The predicted molar refractivity (Wildman–Crippen MR) is 112 cm³/mol. The summed E-state index contributed by atoms with van der Waals surface area (Å²) >= 11 is 0. The minimum Gasteiger partial charge on any atom is -0.349 e. The standard InChI is InChI=1S/C23H34FN3O2/c1-18(28)25-22(19-9-11-20(24)12-10-19)16-23(29)27-15-7-4-8-21(27)17-26-13-5-2-3-6-14-26/h9-12,21-22H,2-8,13-17H2,1H3,(H,25,28). The number of rotatable bonds is 6. The van der Waals surface area contributed by atoms with Crippen LogP contribution in [0.3, 0.4) is 0 Å². The molecule has 0 saturated carbocycles. The number of hydrogen-bond donors (Lipinski definition) is 1. The Balaban J connectivity index is 1.67. The first-order valence-electron chi connectivity index (χ1n) is 11.1. The second-order valence-corrected chi connectivity index (χ2v) is 8.46. The van der Waals surface area contributed by atoms with Crippen LogP contribution in [0.25, 0.3) is 0 Å². The van der Waals surface area contributed by atoms with Crippen LogP contribution >= 0.6 is 0 Å². The zero-order valence-electron chi connectivity index (χ0n) is 17.5. The van der Waals surface area contributed by atoms with Crippen molar-refractivity contribution in [2.45, 2.75) is 70.4 Å². The second-order valence-electron chi connectivity index (χ2n) is 8.46. The van der Waals surface area contributed by atoms with Crippen LogP contribution in [-0.2, 0) is 9.59 Å². The quantitative estimate of drug-likeness (QED) is 0.789. The Labute approximate surface area is 173 Å². The molecule has 2 aliphatic rings. The van der Waals surface area contributed by atoms with Gasteiger partial charge in [-0.25, -0.2) is 4.39 Å². The van der Waals surface area contributed by atoms with Crippen LogP contribution < -0.4 is 5.32 Å². The number of nitrogens with one attached hydrogen (secondary N) is 1. The summed E-state index contributed by atoms with van der Waals surface area (Å²) in [4.78, 5) is 29.5. The van der Waals surface area contributed by atoms with Gasteiger partial charge < -0.3 is 15.1 Å². The number of carbonyl (C=O) groups excluding carboxylic acids is 2. The maximum Gasteiger partial charge on any atom is 0.225 e. The third kappa shape index (κ3) is 6.53. The summed E-state index contributed by atoms with van der Waals surface area (Å²) in [5, 5.41) is 2.87. The molecule has 3 rings (SSSR count). The molecule has 2 atom stereocenters. The van der Waals surface area contributed by atoms with Crippen molar-refractivity contribution in [1.29, 1.82) is 0 Å². The molecule has 1 aromatic rings. The number of likely N-dealkylation sites (tertiary alicyclic amines) is 2. The lowest BCUT2D eigenvalue weighted by Gasteiger charge is -2.39. The fraction of sp³-hybridized carbons (Fsp3) is 0.652. The number of benzene rings is 1. The molecule has 6 heteroatoms. The van der Waals surface area contributed by atoms with E-state index in [1.165, 1.54) is 44.7 Å². The number of piperidine rings is 1. The van der Waals surface area contributed by atoms with E-state index in [1.54, 1.807) is 12.1 Å². The van der Waals surface area contributed by atoms with E-state index in [0.29, 0.717) is 0 Å². The number of halogens is 1. The van der Waals surface area contributed by atoms with Crippen LogP contribution in [0.1, 0.15) is 69.9 Å². The van der Waals surface area contributed by atoms with Crippen LogP contribution in [0.15, 0.2) is 24.3 Å². The molecule has 1 N–H and O–H groups in total. The predicted octanol–water partition coefficient (Wildman–Crippen LogP) is 3.65. The van der Waals surface area contributed by atoms with E-state index in [-0.39, 0.29) is 30.1 Å². The summed E-state index contributed by atoms with van der Waals surface area (Å²) in [7, 11) is 0. The third-order valence-electron chi connectivity index (χ3n) is 6.14. The highest BCUT2D eigenvalue weighted by atomic mass is 19.1. The maximum absolute atomic E-state index is 13.3. The monoisotopic (exact) mass is 403 g/mol. The SMILES string of the molecule is CC(=O)NC(CC(=O)N1CCCCC1CN1CCCCCC1)c1ccc(F)cc1. The van der Waals surface area contributed by atoms with Crippen LogP contribution in [-0.4, -0.2) is 53.8 Å². The van der Waals surface area contributed by atoms with Crippen molar-refractivity contribution in [3.63, 3.8) is 0 Å². The van der Waals surface area contributed by atoms with Gasteiger partial charge in [-0.3, -0.25) is 9.59 Å². The van der Waals surface area contributed by atoms with Crippen molar-refractivity contribution >= 4 is 11.8 Å². The van der Waals surface area contributed by atoms with Gasteiger partial charge in [0.15, 0.2) is 0 Å². The molecule has 0 spiro atoms. The molecule has 5 nitrogen and oxygen atoms in total. The average molecular weight is 404 g/mol. The summed E-state index contributed by atoms with van der Waals surface area (Å²) in [6, 6.07) is 5.86. The Morgan fingerprint density at radius 2 is 1.69 bits per heavy atom. The summed E-state index contributed by atoms with van der Waals surface area (Å²) in [6.07, 6.45) is 8.55. The van der Waals surface area contributed by atoms with Crippen molar-refractivity contribution in [3.8, 4) is 0 Å².